The number of hydrogen-bond donors (Lipinski definition) is 0. The van der Waals surface area contributed by atoms with E-state index in [0.717, 1.165) is 18.5 Å². The molecule has 0 spiro atoms. The molecule has 19 heavy (non-hydrogen) atoms. The van der Waals surface area contributed by atoms with Crippen LogP contribution in [0.1, 0.15) is 18.5 Å². The number of alkyl halides is 1. The highest BCUT2D eigenvalue weighted by Crippen LogP contribution is 2.21. The van der Waals surface area contributed by atoms with Gasteiger partial charge in [0.2, 0.25) is 10.0 Å². The van der Waals surface area contributed by atoms with Crippen LogP contribution in [-0.2, 0) is 16.4 Å². The van der Waals surface area contributed by atoms with Crippen molar-refractivity contribution in [1.29, 1.82) is 0 Å². The topological polar surface area (TPSA) is 50.3 Å². The molecule has 4 nitrogen and oxygen atoms in total. The number of hydrogen-bond acceptors (Lipinski definition) is 3. The molecular weight excluding hydrogens is 284 g/mol. The van der Waals surface area contributed by atoms with E-state index in [4.69, 9.17) is 11.6 Å². The van der Waals surface area contributed by atoms with Gasteiger partial charge < -0.3 is 0 Å². The molecule has 1 aromatic heterocycles. The zero-order valence-corrected chi connectivity index (χ0v) is 12.4. The molecule has 1 saturated heterocycles. The molecule has 0 N–H and O–H groups in total. The van der Waals surface area contributed by atoms with Crippen LogP contribution >= 0.6 is 11.6 Å². The third-order valence-electron chi connectivity index (χ3n) is 3.53. The summed E-state index contributed by atoms with van der Waals surface area (Å²) in [4.78, 5) is 4.15. The maximum absolute atomic E-state index is 12.2. The van der Waals surface area contributed by atoms with Crippen LogP contribution in [0.3, 0.4) is 0 Å². The first-order chi connectivity index (χ1) is 9.12. The predicted molar refractivity (Wildman–Crippen MR) is 76.7 cm³/mol. The summed E-state index contributed by atoms with van der Waals surface area (Å²) in [6.45, 7) is 1.20. The van der Waals surface area contributed by atoms with Crippen molar-refractivity contribution >= 4 is 21.6 Å². The molecule has 0 radical (unpaired) electrons. The second kappa shape index (κ2) is 6.68. The summed E-state index contributed by atoms with van der Waals surface area (Å²) in [5.41, 5.74) is 0.821. The maximum atomic E-state index is 12.2. The van der Waals surface area contributed by atoms with Crippen molar-refractivity contribution in [2.24, 2.45) is 5.92 Å². The third kappa shape index (κ3) is 4.16. The Bertz CT molecular complexity index is 485. The fourth-order valence-electron chi connectivity index (χ4n) is 2.25. The molecule has 0 saturated carbocycles. The minimum absolute atomic E-state index is 0.134. The number of rotatable bonds is 5. The summed E-state index contributed by atoms with van der Waals surface area (Å²) in [6, 6.07) is 5.56. The van der Waals surface area contributed by atoms with E-state index in [9.17, 15) is 8.42 Å². The molecule has 0 aromatic carbocycles. The van der Waals surface area contributed by atoms with Gasteiger partial charge in [-0.05, 0) is 30.9 Å². The molecule has 0 atom stereocenters. The predicted octanol–water partition coefficient (Wildman–Crippen LogP) is 1.90. The average molecular weight is 303 g/mol. The summed E-state index contributed by atoms with van der Waals surface area (Å²) in [6.07, 6.45) is 3.89. The summed E-state index contributed by atoms with van der Waals surface area (Å²) < 4.78 is 26.0. The molecular formula is C13H19ClN2O2S. The van der Waals surface area contributed by atoms with Crippen LogP contribution in [0.5, 0.6) is 0 Å². The first-order valence-corrected chi connectivity index (χ1v) is 8.70. The monoisotopic (exact) mass is 302 g/mol. The number of aryl methyl sites for hydroxylation is 1. The van der Waals surface area contributed by atoms with Gasteiger partial charge in [-0.25, -0.2) is 12.7 Å². The molecule has 1 aromatic rings. The van der Waals surface area contributed by atoms with E-state index >= 15 is 0 Å². The summed E-state index contributed by atoms with van der Waals surface area (Å²) in [7, 11) is -3.16. The first-order valence-electron chi connectivity index (χ1n) is 6.55. The average Bonchev–Trinajstić information content (AvgIpc) is 2.46. The molecule has 0 amide bonds. The Kier molecular flexibility index (Phi) is 5.19. The standard InChI is InChI=1S/C13H19ClN2O2S/c14-11-12-4-8-16(9-5-12)19(17,18)10-6-13-3-1-2-7-15-13/h1-3,7,12H,4-6,8-11H2. The van der Waals surface area contributed by atoms with Gasteiger partial charge in [-0.3, -0.25) is 4.98 Å². The maximum Gasteiger partial charge on any atom is 0.214 e. The molecule has 6 heteroatoms. The van der Waals surface area contributed by atoms with Gasteiger partial charge in [0.15, 0.2) is 0 Å². The SMILES string of the molecule is O=S(=O)(CCc1ccccn1)N1CCC(CCl)CC1. The van der Waals surface area contributed by atoms with Crippen LogP contribution in [0.15, 0.2) is 24.4 Å². The van der Waals surface area contributed by atoms with Crippen molar-refractivity contribution in [3.05, 3.63) is 30.1 Å². The number of aromatic nitrogens is 1. The van der Waals surface area contributed by atoms with Crippen molar-refractivity contribution in [2.75, 3.05) is 24.7 Å². The molecule has 0 bridgehead atoms. The van der Waals surface area contributed by atoms with Crippen molar-refractivity contribution in [2.45, 2.75) is 19.3 Å². The van der Waals surface area contributed by atoms with Gasteiger partial charge >= 0.3 is 0 Å². The molecule has 2 heterocycles. The van der Waals surface area contributed by atoms with Crippen molar-refractivity contribution in [3.8, 4) is 0 Å². The lowest BCUT2D eigenvalue weighted by molar-refractivity contribution is 0.290. The Labute approximate surface area is 119 Å². The zero-order chi connectivity index (χ0) is 13.7. The van der Waals surface area contributed by atoms with Gasteiger partial charge in [0.25, 0.3) is 0 Å². The number of nitrogens with zero attached hydrogens (tertiary/aromatic N) is 2. The van der Waals surface area contributed by atoms with E-state index in [1.165, 1.54) is 0 Å². The van der Waals surface area contributed by atoms with E-state index in [0.29, 0.717) is 31.3 Å². The smallest absolute Gasteiger partial charge is 0.214 e. The summed E-state index contributed by atoms with van der Waals surface area (Å²) in [5.74, 6) is 1.22. The largest absolute Gasteiger partial charge is 0.261 e. The molecule has 0 aliphatic carbocycles. The van der Waals surface area contributed by atoms with E-state index in [2.05, 4.69) is 4.98 Å². The number of halogens is 1. The normalized spacial score (nSPS) is 18.6. The van der Waals surface area contributed by atoms with Crippen LogP contribution in [0, 0.1) is 5.92 Å². The van der Waals surface area contributed by atoms with Crippen LogP contribution < -0.4 is 0 Å². The van der Waals surface area contributed by atoms with Gasteiger partial charge in [0.1, 0.15) is 0 Å². The van der Waals surface area contributed by atoms with E-state index in [1.807, 2.05) is 18.2 Å². The molecule has 106 valence electrons. The number of sulfonamides is 1. The van der Waals surface area contributed by atoms with Crippen molar-refractivity contribution in [1.82, 2.24) is 9.29 Å². The fraction of sp³-hybridized carbons (Fsp3) is 0.615. The van der Waals surface area contributed by atoms with Crippen LogP contribution in [0.2, 0.25) is 0 Å². The van der Waals surface area contributed by atoms with Crippen LogP contribution in [-0.4, -0.2) is 42.4 Å². The van der Waals surface area contributed by atoms with Crippen molar-refractivity contribution < 1.29 is 8.42 Å². The highest BCUT2D eigenvalue weighted by Gasteiger charge is 2.27. The lowest BCUT2D eigenvalue weighted by atomic mass is 10.0. The zero-order valence-electron chi connectivity index (χ0n) is 10.8. The molecule has 1 aliphatic rings. The van der Waals surface area contributed by atoms with Crippen molar-refractivity contribution in [3.63, 3.8) is 0 Å². The van der Waals surface area contributed by atoms with E-state index in [-0.39, 0.29) is 5.75 Å². The van der Waals surface area contributed by atoms with Gasteiger partial charge in [0, 0.05) is 37.3 Å². The fourth-order valence-corrected chi connectivity index (χ4v) is 4.05. The molecule has 2 rings (SSSR count). The highest BCUT2D eigenvalue weighted by molar-refractivity contribution is 7.89. The summed E-state index contributed by atoms with van der Waals surface area (Å²) in [5, 5.41) is 0. The van der Waals surface area contributed by atoms with Crippen LogP contribution in [0.4, 0.5) is 0 Å². The van der Waals surface area contributed by atoms with Gasteiger partial charge in [0.05, 0.1) is 5.75 Å². The lowest BCUT2D eigenvalue weighted by Gasteiger charge is -2.30. The molecule has 0 unspecified atom stereocenters. The Hall–Kier alpha value is -0.650. The Morgan fingerprint density at radius 1 is 1.32 bits per heavy atom. The second-order valence-electron chi connectivity index (χ2n) is 4.88. The Morgan fingerprint density at radius 3 is 2.63 bits per heavy atom. The minimum Gasteiger partial charge on any atom is -0.261 e. The third-order valence-corrected chi connectivity index (χ3v) is 5.84. The highest BCUT2D eigenvalue weighted by atomic mass is 35.5. The second-order valence-corrected chi connectivity index (χ2v) is 7.28. The first kappa shape index (κ1) is 14.8. The van der Waals surface area contributed by atoms with E-state index < -0.39 is 10.0 Å². The van der Waals surface area contributed by atoms with Gasteiger partial charge in [-0.2, -0.15) is 0 Å². The van der Waals surface area contributed by atoms with Gasteiger partial charge in [-0.15, -0.1) is 11.6 Å². The van der Waals surface area contributed by atoms with E-state index in [1.54, 1.807) is 10.5 Å². The number of piperidine rings is 1. The molecule has 1 aliphatic heterocycles. The minimum atomic E-state index is -3.16. The lowest BCUT2D eigenvalue weighted by Crippen LogP contribution is -2.40. The Morgan fingerprint density at radius 2 is 2.05 bits per heavy atom. The van der Waals surface area contributed by atoms with Gasteiger partial charge in [-0.1, -0.05) is 6.07 Å². The Balaban J connectivity index is 1.89. The molecule has 1 fully saturated rings. The quantitative estimate of drug-likeness (QED) is 0.781. The van der Waals surface area contributed by atoms with Crippen LogP contribution in [0.25, 0.3) is 0 Å². The summed E-state index contributed by atoms with van der Waals surface area (Å²) >= 11 is 5.81. The number of pyridine rings is 1.